The molecule has 0 saturated heterocycles. The van der Waals surface area contributed by atoms with Crippen molar-refractivity contribution in [3.8, 4) is 5.75 Å². The van der Waals surface area contributed by atoms with Gasteiger partial charge in [-0.05, 0) is 31.0 Å². The molecule has 0 saturated carbocycles. The average molecular weight is 334 g/mol. The first-order valence-corrected chi connectivity index (χ1v) is 8.42. The predicted molar refractivity (Wildman–Crippen MR) is 96.0 cm³/mol. The summed E-state index contributed by atoms with van der Waals surface area (Å²) in [7, 11) is 1.77. The van der Waals surface area contributed by atoms with E-state index in [1.54, 1.807) is 11.9 Å². The summed E-state index contributed by atoms with van der Waals surface area (Å²) in [6, 6.07) is 7.85. The summed E-state index contributed by atoms with van der Waals surface area (Å²) < 4.78 is 5.65. The number of carbonyl (C=O) groups excluding carboxylic acids is 2. The Kier molecular flexibility index (Phi) is 7.75. The molecule has 5 heteroatoms. The fourth-order valence-electron chi connectivity index (χ4n) is 2.03. The summed E-state index contributed by atoms with van der Waals surface area (Å²) in [5.74, 6) is 0.892. The van der Waals surface area contributed by atoms with Crippen LogP contribution in [0.25, 0.3) is 0 Å². The highest BCUT2D eigenvalue weighted by molar-refractivity contribution is 5.81. The lowest BCUT2D eigenvalue weighted by molar-refractivity contribution is -0.131. The van der Waals surface area contributed by atoms with Crippen molar-refractivity contribution < 1.29 is 14.3 Å². The average Bonchev–Trinajstić information content (AvgIpc) is 2.50. The first kappa shape index (κ1) is 20.0. The number of hydrogen-bond acceptors (Lipinski definition) is 3. The zero-order chi connectivity index (χ0) is 18.2. The molecule has 1 aromatic carbocycles. The molecular weight excluding hydrogens is 304 g/mol. The summed E-state index contributed by atoms with van der Waals surface area (Å²) >= 11 is 0. The third-order valence-corrected chi connectivity index (χ3v) is 3.64. The molecule has 0 radical (unpaired) electrons. The molecular formula is C19H30N2O3. The minimum absolute atomic E-state index is 0.00913. The second-order valence-corrected chi connectivity index (χ2v) is 7.09. The van der Waals surface area contributed by atoms with Crippen molar-refractivity contribution in [2.24, 2.45) is 5.41 Å². The van der Waals surface area contributed by atoms with Gasteiger partial charge in [-0.15, -0.1) is 0 Å². The van der Waals surface area contributed by atoms with Gasteiger partial charge in [-0.25, -0.2) is 0 Å². The van der Waals surface area contributed by atoms with Gasteiger partial charge in [0.05, 0.1) is 6.54 Å². The molecule has 1 rings (SSSR count). The Bertz CT molecular complexity index is 550. The van der Waals surface area contributed by atoms with Gasteiger partial charge in [-0.2, -0.15) is 0 Å². The van der Waals surface area contributed by atoms with E-state index in [-0.39, 0.29) is 11.8 Å². The van der Waals surface area contributed by atoms with Crippen LogP contribution in [0, 0.1) is 12.3 Å². The molecule has 5 nitrogen and oxygen atoms in total. The number of likely N-dealkylation sites (N-methyl/N-ethyl adjacent to an activating group) is 1. The predicted octanol–water partition coefficient (Wildman–Crippen LogP) is 2.77. The minimum Gasteiger partial charge on any atom is -0.492 e. The molecule has 2 amide bonds. The number of carbonyl (C=O) groups is 2. The highest BCUT2D eigenvalue weighted by Crippen LogP contribution is 2.13. The maximum absolute atomic E-state index is 12.0. The van der Waals surface area contributed by atoms with Crippen LogP contribution < -0.4 is 10.1 Å². The Balaban J connectivity index is 2.19. The van der Waals surface area contributed by atoms with Crippen molar-refractivity contribution in [3.63, 3.8) is 0 Å². The number of hydrogen-bond donors (Lipinski definition) is 1. The number of ether oxygens (including phenoxy) is 1. The highest BCUT2D eigenvalue weighted by Gasteiger charge is 2.20. The molecule has 0 heterocycles. The highest BCUT2D eigenvalue weighted by atomic mass is 16.5. The second-order valence-electron chi connectivity index (χ2n) is 7.09. The van der Waals surface area contributed by atoms with Gasteiger partial charge in [0, 0.05) is 25.4 Å². The Hall–Kier alpha value is -2.04. The summed E-state index contributed by atoms with van der Waals surface area (Å²) in [5, 5.41) is 2.85. The molecule has 134 valence electrons. The van der Waals surface area contributed by atoms with Crippen LogP contribution in [0.2, 0.25) is 0 Å². The third-order valence-electron chi connectivity index (χ3n) is 3.64. The lowest BCUT2D eigenvalue weighted by atomic mass is 9.96. The van der Waals surface area contributed by atoms with Gasteiger partial charge in [0.1, 0.15) is 12.4 Å². The van der Waals surface area contributed by atoms with Gasteiger partial charge in [0.15, 0.2) is 0 Å². The van der Waals surface area contributed by atoms with Crippen molar-refractivity contribution in [1.29, 1.82) is 0 Å². The largest absolute Gasteiger partial charge is 0.492 e. The summed E-state index contributed by atoms with van der Waals surface area (Å²) in [4.78, 5) is 25.4. The lowest BCUT2D eigenvalue weighted by Crippen LogP contribution is -2.36. The topological polar surface area (TPSA) is 58.6 Å². The number of amides is 2. The van der Waals surface area contributed by atoms with E-state index in [0.717, 1.165) is 11.3 Å². The SMILES string of the molecule is Cc1cccc(OCCN(C)C(=O)CCCNC(=O)C(C)(C)C)c1. The zero-order valence-electron chi connectivity index (χ0n) is 15.5. The zero-order valence-corrected chi connectivity index (χ0v) is 15.5. The monoisotopic (exact) mass is 334 g/mol. The van der Waals surface area contributed by atoms with E-state index in [1.807, 2.05) is 52.0 Å². The van der Waals surface area contributed by atoms with E-state index < -0.39 is 5.41 Å². The van der Waals surface area contributed by atoms with Crippen molar-refractivity contribution in [3.05, 3.63) is 29.8 Å². The van der Waals surface area contributed by atoms with Gasteiger partial charge in [0.25, 0.3) is 0 Å². The maximum Gasteiger partial charge on any atom is 0.225 e. The Labute approximate surface area is 145 Å². The Morgan fingerprint density at radius 2 is 1.96 bits per heavy atom. The van der Waals surface area contributed by atoms with Gasteiger partial charge in [0.2, 0.25) is 11.8 Å². The van der Waals surface area contributed by atoms with Crippen molar-refractivity contribution >= 4 is 11.8 Å². The molecule has 1 aromatic rings. The molecule has 0 atom stereocenters. The van der Waals surface area contributed by atoms with E-state index in [4.69, 9.17) is 4.74 Å². The number of nitrogens with one attached hydrogen (secondary N) is 1. The van der Waals surface area contributed by atoms with Gasteiger partial charge >= 0.3 is 0 Å². The number of rotatable bonds is 8. The smallest absolute Gasteiger partial charge is 0.225 e. The van der Waals surface area contributed by atoms with Gasteiger partial charge < -0.3 is 15.0 Å². The van der Waals surface area contributed by atoms with Crippen molar-refractivity contribution in [2.75, 3.05) is 26.7 Å². The standard InChI is InChI=1S/C19H30N2O3/c1-15-8-6-9-16(14-15)24-13-12-21(5)17(22)10-7-11-20-18(23)19(2,3)4/h6,8-9,14H,7,10-13H2,1-5H3,(H,20,23). The summed E-state index contributed by atoms with van der Waals surface area (Å²) in [5.41, 5.74) is 0.753. The van der Waals surface area contributed by atoms with Crippen LogP contribution in [0.15, 0.2) is 24.3 Å². The molecule has 0 aliphatic heterocycles. The maximum atomic E-state index is 12.0. The van der Waals surface area contributed by atoms with E-state index in [0.29, 0.717) is 32.5 Å². The van der Waals surface area contributed by atoms with Crippen LogP contribution in [0.1, 0.15) is 39.2 Å². The lowest BCUT2D eigenvalue weighted by Gasteiger charge is -2.19. The van der Waals surface area contributed by atoms with E-state index in [1.165, 1.54) is 0 Å². The first-order valence-electron chi connectivity index (χ1n) is 8.42. The van der Waals surface area contributed by atoms with Crippen LogP contribution >= 0.6 is 0 Å². The van der Waals surface area contributed by atoms with Crippen molar-refractivity contribution in [1.82, 2.24) is 10.2 Å². The van der Waals surface area contributed by atoms with Crippen molar-refractivity contribution in [2.45, 2.75) is 40.5 Å². The van der Waals surface area contributed by atoms with E-state index in [2.05, 4.69) is 5.32 Å². The normalized spacial score (nSPS) is 11.0. The molecule has 0 aromatic heterocycles. The number of benzene rings is 1. The van der Waals surface area contributed by atoms with Crippen LogP contribution in [0.4, 0.5) is 0 Å². The fourth-order valence-corrected chi connectivity index (χ4v) is 2.03. The molecule has 0 unspecified atom stereocenters. The second kappa shape index (κ2) is 9.30. The van der Waals surface area contributed by atoms with Crippen LogP contribution in [0.5, 0.6) is 5.75 Å². The van der Waals surface area contributed by atoms with E-state index >= 15 is 0 Å². The quantitative estimate of drug-likeness (QED) is 0.744. The van der Waals surface area contributed by atoms with Gasteiger partial charge in [-0.3, -0.25) is 9.59 Å². The molecule has 1 N–H and O–H groups in total. The summed E-state index contributed by atoms with van der Waals surface area (Å²) in [6.07, 6.45) is 1.06. The van der Waals surface area contributed by atoms with E-state index in [9.17, 15) is 9.59 Å². The Morgan fingerprint density at radius 1 is 1.25 bits per heavy atom. The molecule has 0 aliphatic carbocycles. The molecule has 0 aliphatic rings. The van der Waals surface area contributed by atoms with Crippen LogP contribution in [-0.4, -0.2) is 43.5 Å². The van der Waals surface area contributed by atoms with Crippen LogP contribution in [-0.2, 0) is 9.59 Å². The van der Waals surface area contributed by atoms with Crippen LogP contribution in [0.3, 0.4) is 0 Å². The number of nitrogens with zero attached hydrogens (tertiary/aromatic N) is 1. The Morgan fingerprint density at radius 3 is 2.58 bits per heavy atom. The van der Waals surface area contributed by atoms with Gasteiger partial charge in [-0.1, -0.05) is 32.9 Å². The third kappa shape index (κ3) is 7.49. The fraction of sp³-hybridized carbons (Fsp3) is 0.579. The first-order chi connectivity index (χ1) is 11.2. The molecule has 24 heavy (non-hydrogen) atoms. The molecule has 0 fully saturated rings. The summed E-state index contributed by atoms with van der Waals surface area (Å²) in [6.45, 7) is 9.16. The minimum atomic E-state index is -0.395. The number of aryl methyl sites for hydroxylation is 1. The molecule has 0 spiro atoms. The molecule has 0 bridgehead atoms.